The first-order valence-corrected chi connectivity index (χ1v) is 9.10. The van der Waals surface area contributed by atoms with Crippen LogP contribution in [-0.4, -0.2) is 33.8 Å². The predicted molar refractivity (Wildman–Crippen MR) is 111 cm³/mol. The van der Waals surface area contributed by atoms with E-state index in [4.69, 9.17) is 42.1 Å². The van der Waals surface area contributed by atoms with Gasteiger partial charge in [-0.25, -0.2) is 0 Å². The maximum Gasteiger partial charge on any atom is 0.248 e. The van der Waals surface area contributed by atoms with Crippen molar-refractivity contribution in [3.8, 4) is 23.0 Å². The lowest BCUT2D eigenvalue weighted by Gasteiger charge is -2.12. The van der Waals surface area contributed by atoms with Crippen LogP contribution in [0.2, 0.25) is 10.0 Å². The SMILES string of the molecule is CCOc1cc(/C=C/C(=O)Nc2cc(Cl)c(OC)cc2OC)cc(Cl)c1OC. The molecule has 0 unspecified atom stereocenters. The first kappa shape index (κ1) is 21.7. The van der Waals surface area contributed by atoms with Gasteiger partial charge in [0.2, 0.25) is 5.91 Å². The zero-order chi connectivity index (χ0) is 20.7. The van der Waals surface area contributed by atoms with Crippen LogP contribution in [0.1, 0.15) is 12.5 Å². The van der Waals surface area contributed by atoms with Crippen LogP contribution >= 0.6 is 23.2 Å². The first-order valence-electron chi connectivity index (χ1n) is 8.34. The minimum Gasteiger partial charge on any atom is -0.495 e. The van der Waals surface area contributed by atoms with Crippen molar-refractivity contribution >= 4 is 40.9 Å². The number of nitrogens with one attached hydrogen (secondary N) is 1. The fraction of sp³-hybridized carbons (Fsp3) is 0.250. The summed E-state index contributed by atoms with van der Waals surface area (Å²) in [6, 6.07) is 6.57. The Morgan fingerprint density at radius 3 is 2.29 bits per heavy atom. The van der Waals surface area contributed by atoms with Crippen molar-refractivity contribution in [3.63, 3.8) is 0 Å². The molecule has 0 saturated heterocycles. The number of carbonyl (C=O) groups excluding carboxylic acids is 1. The van der Waals surface area contributed by atoms with Crippen molar-refractivity contribution in [2.24, 2.45) is 0 Å². The fourth-order valence-electron chi connectivity index (χ4n) is 2.45. The van der Waals surface area contributed by atoms with E-state index in [1.54, 1.807) is 30.3 Å². The summed E-state index contributed by atoms with van der Waals surface area (Å²) in [6.45, 7) is 2.31. The second-order valence-corrected chi connectivity index (χ2v) is 6.29. The van der Waals surface area contributed by atoms with Crippen LogP contribution in [0.15, 0.2) is 30.3 Å². The molecule has 28 heavy (non-hydrogen) atoms. The van der Waals surface area contributed by atoms with Crippen molar-refractivity contribution in [2.75, 3.05) is 33.3 Å². The molecule has 0 aromatic heterocycles. The number of anilines is 1. The van der Waals surface area contributed by atoms with E-state index in [2.05, 4.69) is 5.32 Å². The first-order chi connectivity index (χ1) is 13.4. The molecule has 0 aliphatic carbocycles. The highest BCUT2D eigenvalue weighted by atomic mass is 35.5. The van der Waals surface area contributed by atoms with E-state index in [9.17, 15) is 4.79 Å². The van der Waals surface area contributed by atoms with Gasteiger partial charge in [0, 0.05) is 12.1 Å². The molecular weight excluding hydrogens is 405 g/mol. The summed E-state index contributed by atoms with van der Waals surface area (Å²) in [6.07, 6.45) is 2.98. The number of amides is 1. The number of hydrogen-bond donors (Lipinski definition) is 1. The number of hydrogen-bond acceptors (Lipinski definition) is 5. The molecule has 0 heterocycles. The van der Waals surface area contributed by atoms with Gasteiger partial charge in [-0.3, -0.25) is 4.79 Å². The Balaban J connectivity index is 2.22. The Hall–Kier alpha value is -2.57. The zero-order valence-electron chi connectivity index (χ0n) is 16.0. The topological polar surface area (TPSA) is 66.0 Å². The Kier molecular flexibility index (Phi) is 7.84. The third-order valence-electron chi connectivity index (χ3n) is 3.69. The van der Waals surface area contributed by atoms with Crippen LogP contribution < -0.4 is 24.3 Å². The smallest absolute Gasteiger partial charge is 0.248 e. The minimum atomic E-state index is -0.371. The van der Waals surface area contributed by atoms with Gasteiger partial charge in [0.05, 0.1) is 43.7 Å². The summed E-state index contributed by atoms with van der Waals surface area (Å²) >= 11 is 12.3. The highest BCUT2D eigenvalue weighted by Crippen LogP contribution is 2.37. The molecule has 8 heteroatoms. The molecule has 2 rings (SSSR count). The molecule has 0 atom stereocenters. The molecule has 2 aromatic carbocycles. The molecule has 2 aromatic rings. The van der Waals surface area contributed by atoms with Gasteiger partial charge >= 0.3 is 0 Å². The lowest BCUT2D eigenvalue weighted by Crippen LogP contribution is -2.09. The summed E-state index contributed by atoms with van der Waals surface area (Å²) in [5.74, 6) is 1.45. The van der Waals surface area contributed by atoms with Crippen LogP contribution in [0, 0.1) is 0 Å². The third-order valence-corrected chi connectivity index (χ3v) is 4.27. The summed E-state index contributed by atoms with van der Waals surface area (Å²) in [5.41, 5.74) is 1.11. The second-order valence-electron chi connectivity index (χ2n) is 5.48. The maximum absolute atomic E-state index is 12.3. The van der Waals surface area contributed by atoms with Gasteiger partial charge in [0.25, 0.3) is 0 Å². The molecule has 0 aliphatic rings. The summed E-state index contributed by atoms with van der Waals surface area (Å²) in [7, 11) is 4.50. The van der Waals surface area contributed by atoms with Crippen molar-refractivity contribution in [1.29, 1.82) is 0 Å². The van der Waals surface area contributed by atoms with Crippen molar-refractivity contribution in [1.82, 2.24) is 0 Å². The van der Waals surface area contributed by atoms with Gasteiger partial charge in [-0.2, -0.15) is 0 Å². The highest BCUT2D eigenvalue weighted by molar-refractivity contribution is 6.33. The van der Waals surface area contributed by atoms with Gasteiger partial charge in [-0.05, 0) is 36.8 Å². The average Bonchev–Trinajstić information content (AvgIpc) is 2.67. The quantitative estimate of drug-likeness (QED) is 0.597. The Bertz CT molecular complexity index is 883. The molecule has 1 amide bonds. The third kappa shape index (κ3) is 5.24. The summed E-state index contributed by atoms with van der Waals surface area (Å²) < 4.78 is 21.2. The fourth-order valence-corrected chi connectivity index (χ4v) is 2.99. The van der Waals surface area contributed by atoms with Gasteiger partial charge in [0.15, 0.2) is 11.5 Å². The molecule has 0 spiro atoms. The van der Waals surface area contributed by atoms with E-state index in [0.717, 1.165) is 0 Å². The number of benzene rings is 2. The van der Waals surface area contributed by atoms with Gasteiger partial charge in [0.1, 0.15) is 11.5 Å². The van der Waals surface area contributed by atoms with Gasteiger partial charge < -0.3 is 24.3 Å². The number of ether oxygens (including phenoxy) is 4. The van der Waals surface area contributed by atoms with Crippen molar-refractivity contribution < 1.29 is 23.7 Å². The largest absolute Gasteiger partial charge is 0.495 e. The van der Waals surface area contributed by atoms with Gasteiger partial charge in [-0.15, -0.1) is 0 Å². The predicted octanol–water partition coefficient (Wildman–Crippen LogP) is 5.07. The molecular formula is C20H21Cl2NO5. The van der Waals surface area contributed by atoms with E-state index >= 15 is 0 Å². The molecule has 6 nitrogen and oxygen atoms in total. The lowest BCUT2D eigenvalue weighted by atomic mass is 10.2. The Labute approximate surface area is 173 Å². The number of halogens is 2. The Morgan fingerprint density at radius 1 is 0.964 bits per heavy atom. The molecule has 1 N–H and O–H groups in total. The van der Waals surface area contributed by atoms with Crippen LogP contribution in [0.25, 0.3) is 6.08 Å². The highest BCUT2D eigenvalue weighted by Gasteiger charge is 2.13. The molecule has 0 fully saturated rings. The minimum absolute atomic E-state index is 0.353. The standard InChI is InChI=1S/C20H21Cl2NO5/c1-5-28-18-9-12(8-14(22)20(18)27-4)6-7-19(24)23-15-10-13(21)16(25-2)11-17(15)26-3/h6-11H,5H2,1-4H3,(H,23,24)/b7-6+. The van der Waals surface area contributed by atoms with E-state index in [-0.39, 0.29) is 5.91 Å². The average molecular weight is 426 g/mol. The van der Waals surface area contributed by atoms with E-state index in [1.165, 1.54) is 27.4 Å². The molecule has 0 aliphatic heterocycles. The Morgan fingerprint density at radius 2 is 1.68 bits per heavy atom. The van der Waals surface area contributed by atoms with Crippen LogP contribution in [0.5, 0.6) is 23.0 Å². The summed E-state index contributed by atoms with van der Waals surface area (Å²) in [4.78, 5) is 12.3. The van der Waals surface area contributed by atoms with Crippen LogP contribution in [0.3, 0.4) is 0 Å². The number of carbonyl (C=O) groups is 1. The van der Waals surface area contributed by atoms with Gasteiger partial charge in [-0.1, -0.05) is 23.2 Å². The summed E-state index contributed by atoms with van der Waals surface area (Å²) in [5, 5.41) is 3.46. The number of methoxy groups -OCH3 is 3. The van der Waals surface area contributed by atoms with E-state index < -0.39 is 0 Å². The normalized spacial score (nSPS) is 10.6. The zero-order valence-corrected chi connectivity index (χ0v) is 17.5. The lowest BCUT2D eigenvalue weighted by molar-refractivity contribution is -0.111. The maximum atomic E-state index is 12.3. The second kappa shape index (κ2) is 10.1. The van der Waals surface area contributed by atoms with Crippen LogP contribution in [-0.2, 0) is 4.79 Å². The monoisotopic (exact) mass is 425 g/mol. The van der Waals surface area contributed by atoms with E-state index in [1.807, 2.05) is 6.92 Å². The van der Waals surface area contributed by atoms with E-state index in [0.29, 0.717) is 50.9 Å². The number of rotatable bonds is 8. The molecule has 0 saturated carbocycles. The van der Waals surface area contributed by atoms with Crippen molar-refractivity contribution in [3.05, 3.63) is 46.0 Å². The molecule has 0 bridgehead atoms. The molecule has 0 radical (unpaired) electrons. The van der Waals surface area contributed by atoms with Crippen molar-refractivity contribution in [2.45, 2.75) is 6.92 Å². The van der Waals surface area contributed by atoms with Crippen LogP contribution in [0.4, 0.5) is 5.69 Å². The molecule has 150 valence electrons.